The highest BCUT2D eigenvalue weighted by Crippen LogP contribution is 2.34. The molecular formula is C7H8O7S. The van der Waals surface area contributed by atoms with E-state index >= 15 is 0 Å². The maximum atomic E-state index is 11.6. The van der Waals surface area contributed by atoms with E-state index in [1.807, 2.05) is 0 Å². The van der Waals surface area contributed by atoms with Crippen molar-refractivity contribution < 1.29 is 31.1 Å². The summed E-state index contributed by atoms with van der Waals surface area (Å²) >= 11 is 0. The number of Topliss-reactive ketones (excluding diaryl/α,β-unsaturated/α-hetero) is 1. The van der Waals surface area contributed by atoms with Crippen LogP contribution in [0.1, 0.15) is 13.8 Å². The number of ether oxygens (including phenoxy) is 2. The molecule has 1 atom stereocenters. The Morgan fingerprint density at radius 2 is 2.07 bits per heavy atom. The van der Waals surface area contributed by atoms with Crippen LogP contribution in [0.5, 0.6) is 0 Å². The Morgan fingerprint density at radius 3 is 2.73 bits per heavy atom. The molecule has 0 aromatic heterocycles. The van der Waals surface area contributed by atoms with Crippen LogP contribution in [0.15, 0.2) is 11.5 Å². The molecule has 1 unspecified atom stereocenters. The second-order valence-electron chi connectivity index (χ2n) is 3.13. The lowest BCUT2D eigenvalue weighted by molar-refractivity contribution is -0.166. The number of fused-ring (bicyclic) bond motifs is 2. The molecule has 84 valence electrons. The second kappa shape index (κ2) is 2.94. The fourth-order valence-electron chi connectivity index (χ4n) is 1.33. The van der Waals surface area contributed by atoms with E-state index in [1.54, 1.807) is 0 Å². The zero-order valence-electron chi connectivity index (χ0n) is 7.97. The number of carbonyl (C=O) groups excluding carboxylic acids is 1. The van der Waals surface area contributed by atoms with Crippen LogP contribution in [-0.4, -0.2) is 26.8 Å². The van der Waals surface area contributed by atoms with Gasteiger partial charge in [-0.2, -0.15) is 12.6 Å². The van der Waals surface area contributed by atoms with Crippen molar-refractivity contribution in [3.63, 3.8) is 0 Å². The quantitative estimate of drug-likeness (QED) is 0.575. The first-order valence-corrected chi connectivity index (χ1v) is 5.35. The number of ketones is 1. The molecule has 2 aliphatic heterocycles. The molecule has 15 heavy (non-hydrogen) atoms. The van der Waals surface area contributed by atoms with Crippen LogP contribution in [0.25, 0.3) is 0 Å². The summed E-state index contributed by atoms with van der Waals surface area (Å²) < 4.78 is 40.8. The molecule has 0 aromatic rings. The molecule has 0 radical (unpaired) electrons. The van der Waals surface area contributed by atoms with Crippen molar-refractivity contribution in [2.24, 2.45) is 0 Å². The van der Waals surface area contributed by atoms with Crippen LogP contribution < -0.4 is 0 Å². The van der Waals surface area contributed by atoms with Gasteiger partial charge in [0, 0.05) is 6.92 Å². The van der Waals surface area contributed by atoms with Gasteiger partial charge in [-0.05, 0) is 6.92 Å². The van der Waals surface area contributed by atoms with Gasteiger partial charge < -0.3 is 9.47 Å². The first-order chi connectivity index (χ1) is 6.84. The molecule has 0 aromatic carbocycles. The smallest absolute Gasteiger partial charge is 0.406 e. The van der Waals surface area contributed by atoms with Crippen molar-refractivity contribution in [1.29, 1.82) is 0 Å². The third-order valence-electron chi connectivity index (χ3n) is 1.94. The first-order valence-electron chi connectivity index (χ1n) is 4.01. The number of carbonyl (C=O) groups is 1. The summed E-state index contributed by atoms with van der Waals surface area (Å²) in [7, 11) is -4.29. The molecule has 1 fully saturated rings. The van der Waals surface area contributed by atoms with E-state index in [2.05, 4.69) is 8.37 Å². The van der Waals surface area contributed by atoms with E-state index < -0.39 is 28.8 Å². The minimum Gasteiger partial charge on any atom is -0.459 e. The number of hydrogen-bond acceptors (Lipinski definition) is 7. The van der Waals surface area contributed by atoms with E-state index in [0.29, 0.717) is 0 Å². The average Bonchev–Trinajstić information content (AvgIpc) is 2.28. The van der Waals surface area contributed by atoms with Crippen molar-refractivity contribution in [3.8, 4) is 0 Å². The Kier molecular flexibility index (Phi) is 2.04. The van der Waals surface area contributed by atoms with Gasteiger partial charge in [0.15, 0.2) is 0 Å². The topological polar surface area (TPSA) is 88.1 Å². The minimum atomic E-state index is -4.29. The van der Waals surface area contributed by atoms with Crippen LogP contribution in [-0.2, 0) is 33.0 Å². The van der Waals surface area contributed by atoms with Gasteiger partial charge in [0.1, 0.15) is 5.76 Å². The van der Waals surface area contributed by atoms with Gasteiger partial charge in [-0.15, -0.1) is 0 Å². The standard InChI is InChI=1S/C7H8O7S/c1-4-5-6(8)7(2,13-4)14-15(9,10)12-3-11-5/h3H2,1-2H3. The second-order valence-corrected chi connectivity index (χ2v) is 4.35. The van der Waals surface area contributed by atoms with Crippen molar-refractivity contribution >= 4 is 16.2 Å². The lowest BCUT2D eigenvalue weighted by Crippen LogP contribution is -2.41. The zero-order chi connectivity index (χ0) is 11.3. The van der Waals surface area contributed by atoms with Crippen molar-refractivity contribution in [2.45, 2.75) is 19.6 Å². The number of rotatable bonds is 0. The zero-order valence-corrected chi connectivity index (χ0v) is 8.79. The van der Waals surface area contributed by atoms with Crippen LogP contribution >= 0.6 is 0 Å². The lowest BCUT2D eigenvalue weighted by atomic mass is 10.2. The molecule has 2 heterocycles. The number of allylic oxidation sites excluding steroid dienone is 1. The van der Waals surface area contributed by atoms with Crippen LogP contribution in [0.2, 0.25) is 0 Å². The molecule has 0 amide bonds. The van der Waals surface area contributed by atoms with Gasteiger partial charge in [0.25, 0.3) is 11.6 Å². The van der Waals surface area contributed by atoms with Crippen LogP contribution in [0, 0.1) is 0 Å². The first kappa shape index (κ1) is 10.4. The fourth-order valence-corrected chi connectivity index (χ4v) is 2.05. The normalized spacial score (nSPS) is 34.1. The van der Waals surface area contributed by atoms with Crippen molar-refractivity contribution in [1.82, 2.24) is 0 Å². The van der Waals surface area contributed by atoms with Gasteiger partial charge >= 0.3 is 10.4 Å². The molecule has 0 N–H and O–H groups in total. The molecule has 8 heteroatoms. The molecule has 0 spiro atoms. The number of hydrogen-bond donors (Lipinski definition) is 0. The Bertz CT molecular complexity index is 448. The van der Waals surface area contributed by atoms with Crippen molar-refractivity contribution in [2.75, 3.05) is 6.79 Å². The summed E-state index contributed by atoms with van der Waals surface area (Å²) in [6.45, 7) is 2.04. The maximum Gasteiger partial charge on any atom is 0.406 e. The molecule has 1 saturated heterocycles. The van der Waals surface area contributed by atoms with E-state index in [4.69, 9.17) is 9.47 Å². The third kappa shape index (κ3) is 1.60. The summed E-state index contributed by atoms with van der Waals surface area (Å²) in [5.74, 6) is -2.50. The van der Waals surface area contributed by atoms with Gasteiger partial charge in [0.2, 0.25) is 12.6 Å². The predicted octanol–water partition coefficient (Wildman–Crippen LogP) is -0.201. The molecule has 7 nitrogen and oxygen atoms in total. The maximum absolute atomic E-state index is 11.6. The summed E-state index contributed by atoms with van der Waals surface area (Å²) in [5, 5.41) is 0. The average molecular weight is 236 g/mol. The van der Waals surface area contributed by atoms with E-state index in [9.17, 15) is 13.2 Å². The Morgan fingerprint density at radius 1 is 1.40 bits per heavy atom. The predicted molar refractivity (Wildman–Crippen MR) is 44.2 cm³/mol. The highest BCUT2D eigenvalue weighted by molar-refractivity contribution is 7.81. The third-order valence-corrected chi connectivity index (χ3v) is 2.85. The molecule has 2 bridgehead atoms. The Labute approximate surface area is 85.9 Å². The SMILES string of the molecule is CC1=C2OCOS(=O)(=O)OC(C)(O1)C2=O. The minimum absolute atomic E-state index is 0.0765. The summed E-state index contributed by atoms with van der Waals surface area (Å²) in [6.07, 6.45) is 0. The summed E-state index contributed by atoms with van der Waals surface area (Å²) in [6, 6.07) is 0. The monoisotopic (exact) mass is 236 g/mol. The molecule has 0 saturated carbocycles. The Balaban J connectivity index is 2.44. The molecule has 0 aliphatic carbocycles. The summed E-state index contributed by atoms with van der Waals surface area (Å²) in [4.78, 5) is 11.6. The van der Waals surface area contributed by atoms with E-state index in [1.165, 1.54) is 13.8 Å². The van der Waals surface area contributed by atoms with Crippen LogP contribution in [0.3, 0.4) is 0 Å². The lowest BCUT2D eigenvalue weighted by Gasteiger charge is -2.22. The summed E-state index contributed by atoms with van der Waals surface area (Å²) in [5.41, 5.74) is 0. The van der Waals surface area contributed by atoms with Gasteiger partial charge in [-0.3, -0.25) is 4.79 Å². The van der Waals surface area contributed by atoms with Crippen molar-refractivity contribution in [3.05, 3.63) is 11.5 Å². The highest BCUT2D eigenvalue weighted by atomic mass is 32.3. The van der Waals surface area contributed by atoms with Gasteiger partial charge in [-0.1, -0.05) is 0 Å². The van der Waals surface area contributed by atoms with Gasteiger partial charge in [-0.25, -0.2) is 4.18 Å². The van der Waals surface area contributed by atoms with E-state index in [0.717, 1.165) is 0 Å². The molecule has 2 aliphatic rings. The Hall–Kier alpha value is -1.12. The fraction of sp³-hybridized carbons (Fsp3) is 0.571. The van der Waals surface area contributed by atoms with E-state index in [-0.39, 0.29) is 11.5 Å². The van der Waals surface area contributed by atoms with Crippen LogP contribution in [0.4, 0.5) is 0 Å². The van der Waals surface area contributed by atoms with Gasteiger partial charge in [0.05, 0.1) is 0 Å². The molecule has 2 rings (SSSR count). The molecular weight excluding hydrogens is 228 g/mol. The highest BCUT2D eigenvalue weighted by Gasteiger charge is 2.52. The largest absolute Gasteiger partial charge is 0.459 e.